The number of rotatable bonds is 4. The monoisotopic (exact) mass is 275 g/mol. The van der Waals surface area contributed by atoms with Gasteiger partial charge in [-0.3, -0.25) is 0 Å². The van der Waals surface area contributed by atoms with Gasteiger partial charge in [0.1, 0.15) is 0 Å². The Kier molecular flexibility index (Phi) is 3.61. The minimum atomic E-state index is -0.889. The molecule has 0 spiro atoms. The molecule has 1 N–H and O–H groups in total. The van der Waals surface area contributed by atoms with E-state index in [1.807, 2.05) is 45.0 Å². The molecule has 0 radical (unpaired) electrons. The lowest BCUT2D eigenvalue weighted by Gasteiger charge is -2.33. The summed E-state index contributed by atoms with van der Waals surface area (Å²) in [5.41, 5.74) is 1.68. The number of methoxy groups -OCH3 is 1. The third kappa shape index (κ3) is 2.10. The van der Waals surface area contributed by atoms with Gasteiger partial charge in [0.05, 0.1) is 17.2 Å². The molecule has 0 aliphatic carbocycles. The Morgan fingerprint density at radius 3 is 2.50 bits per heavy atom. The van der Waals surface area contributed by atoms with Gasteiger partial charge in [0.2, 0.25) is 0 Å². The first-order valence-corrected chi connectivity index (χ1v) is 6.69. The van der Waals surface area contributed by atoms with E-state index in [2.05, 4.69) is 11.5 Å². The highest BCUT2D eigenvalue weighted by Crippen LogP contribution is 2.34. The third-order valence-electron chi connectivity index (χ3n) is 4.29. The fourth-order valence-corrected chi connectivity index (χ4v) is 2.64. The SMILES string of the molecule is COC(C)(C)C(C)n1c(C)c(C(=O)O)c2ccccc21. The van der Waals surface area contributed by atoms with Gasteiger partial charge in [0.15, 0.2) is 0 Å². The van der Waals surface area contributed by atoms with Crippen LogP contribution in [0.15, 0.2) is 24.3 Å². The van der Waals surface area contributed by atoms with Crippen molar-refractivity contribution >= 4 is 16.9 Å². The predicted molar refractivity (Wildman–Crippen MR) is 79.4 cm³/mol. The molecule has 0 aliphatic rings. The number of carboxylic acids is 1. The van der Waals surface area contributed by atoms with Crippen LogP contribution in [0.2, 0.25) is 0 Å². The van der Waals surface area contributed by atoms with E-state index in [0.717, 1.165) is 16.6 Å². The van der Waals surface area contributed by atoms with E-state index in [1.54, 1.807) is 7.11 Å². The standard InChI is InChI=1S/C16H21NO3/c1-10-14(15(18)19)12-8-6-7-9-13(12)17(10)11(2)16(3,4)20-5/h6-9,11H,1-5H3,(H,18,19). The van der Waals surface area contributed by atoms with Crippen molar-refractivity contribution < 1.29 is 14.6 Å². The van der Waals surface area contributed by atoms with Crippen LogP contribution < -0.4 is 0 Å². The Bertz CT molecular complexity index is 655. The lowest BCUT2D eigenvalue weighted by Crippen LogP contribution is -2.34. The molecule has 0 amide bonds. The van der Waals surface area contributed by atoms with Crippen LogP contribution in [0.5, 0.6) is 0 Å². The maximum atomic E-state index is 11.5. The second-order valence-electron chi connectivity index (χ2n) is 5.64. The molecular formula is C16H21NO3. The normalized spacial score (nSPS) is 13.7. The zero-order valence-electron chi connectivity index (χ0n) is 12.6. The number of para-hydroxylation sites is 1. The third-order valence-corrected chi connectivity index (χ3v) is 4.29. The van der Waals surface area contributed by atoms with Crippen LogP contribution in [0.4, 0.5) is 0 Å². The first-order valence-electron chi connectivity index (χ1n) is 6.69. The number of nitrogens with zero attached hydrogens (tertiary/aromatic N) is 1. The lowest BCUT2D eigenvalue weighted by molar-refractivity contribution is -0.0158. The number of benzene rings is 1. The van der Waals surface area contributed by atoms with Crippen molar-refractivity contribution in [3.63, 3.8) is 0 Å². The molecule has 1 heterocycles. The minimum Gasteiger partial charge on any atom is -0.478 e. The van der Waals surface area contributed by atoms with Gasteiger partial charge >= 0.3 is 5.97 Å². The minimum absolute atomic E-state index is 0.0190. The summed E-state index contributed by atoms with van der Waals surface area (Å²) in [6.07, 6.45) is 0. The van der Waals surface area contributed by atoms with Crippen molar-refractivity contribution in [2.75, 3.05) is 7.11 Å². The van der Waals surface area contributed by atoms with Gasteiger partial charge in [0.25, 0.3) is 0 Å². The number of aromatic nitrogens is 1. The van der Waals surface area contributed by atoms with Crippen molar-refractivity contribution in [2.24, 2.45) is 0 Å². The van der Waals surface area contributed by atoms with Crippen molar-refractivity contribution in [3.8, 4) is 0 Å². The van der Waals surface area contributed by atoms with Gasteiger partial charge in [0, 0.05) is 23.7 Å². The molecule has 1 aromatic carbocycles. The summed E-state index contributed by atoms with van der Waals surface area (Å²) in [5, 5.41) is 10.2. The van der Waals surface area contributed by atoms with Crippen LogP contribution in [0.25, 0.3) is 10.9 Å². The van der Waals surface area contributed by atoms with E-state index in [9.17, 15) is 9.90 Å². The smallest absolute Gasteiger partial charge is 0.338 e. The average molecular weight is 275 g/mol. The zero-order chi connectivity index (χ0) is 15.1. The maximum absolute atomic E-state index is 11.5. The summed E-state index contributed by atoms with van der Waals surface area (Å²) in [6.45, 7) is 7.92. The molecule has 0 fully saturated rings. The van der Waals surface area contributed by atoms with Crippen LogP contribution in [-0.2, 0) is 4.74 Å². The van der Waals surface area contributed by atoms with E-state index < -0.39 is 5.97 Å². The fourth-order valence-electron chi connectivity index (χ4n) is 2.64. The van der Waals surface area contributed by atoms with E-state index in [1.165, 1.54) is 0 Å². The second kappa shape index (κ2) is 4.94. The highest BCUT2D eigenvalue weighted by atomic mass is 16.5. The van der Waals surface area contributed by atoms with Crippen LogP contribution in [-0.4, -0.2) is 28.4 Å². The Labute approximate surface area is 119 Å². The molecule has 0 bridgehead atoms. The molecule has 1 aromatic heterocycles. The zero-order valence-corrected chi connectivity index (χ0v) is 12.6. The van der Waals surface area contributed by atoms with Gasteiger partial charge in [-0.1, -0.05) is 18.2 Å². The molecule has 1 atom stereocenters. The largest absolute Gasteiger partial charge is 0.478 e. The molecule has 0 saturated heterocycles. The van der Waals surface area contributed by atoms with Crippen LogP contribution in [0, 0.1) is 6.92 Å². The molecule has 4 heteroatoms. The van der Waals surface area contributed by atoms with Gasteiger partial charge in [-0.15, -0.1) is 0 Å². The van der Waals surface area contributed by atoms with Crippen molar-refractivity contribution in [2.45, 2.75) is 39.3 Å². The highest BCUT2D eigenvalue weighted by molar-refractivity contribution is 6.05. The summed E-state index contributed by atoms with van der Waals surface area (Å²) in [7, 11) is 1.68. The number of fused-ring (bicyclic) bond motifs is 1. The Morgan fingerprint density at radius 1 is 1.35 bits per heavy atom. The Morgan fingerprint density at radius 2 is 1.95 bits per heavy atom. The van der Waals surface area contributed by atoms with Crippen molar-refractivity contribution in [3.05, 3.63) is 35.5 Å². The van der Waals surface area contributed by atoms with Gasteiger partial charge in [-0.2, -0.15) is 0 Å². The van der Waals surface area contributed by atoms with Gasteiger partial charge < -0.3 is 14.4 Å². The molecular weight excluding hydrogens is 254 g/mol. The molecule has 0 aliphatic heterocycles. The van der Waals surface area contributed by atoms with Gasteiger partial charge in [-0.05, 0) is 33.8 Å². The van der Waals surface area contributed by atoms with E-state index in [0.29, 0.717) is 5.56 Å². The van der Waals surface area contributed by atoms with Crippen LogP contribution in [0.1, 0.15) is 42.9 Å². The second-order valence-corrected chi connectivity index (χ2v) is 5.64. The molecule has 2 rings (SSSR count). The number of hydrogen-bond acceptors (Lipinski definition) is 2. The highest BCUT2D eigenvalue weighted by Gasteiger charge is 2.31. The van der Waals surface area contributed by atoms with Crippen LogP contribution >= 0.6 is 0 Å². The van der Waals surface area contributed by atoms with Crippen molar-refractivity contribution in [1.29, 1.82) is 0 Å². The van der Waals surface area contributed by atoms with E-state index in [-0.39, 0.29) is 11.6 Å². The topological polar surface area (TPSA) is 51.5 Å². The molecule has 4 nitrogen and oxygen atoms in total. The lowest BCUT2D eigenvalue weighted by atomic mass is 9.99. The summed E-state index contributed by atoms with van der Waals surface area (Å²) in [6, 6.07) is 7.62. The molecule has 0 saturated carbocycles. The predicted octanol–water partition coefficient (Wildman–Crippen LogP) is 3.63. The van der Waals surface area contributed by atoms with E-state index >= 15 is 0 Å². The molecule has 108 valence electrons. The molecule has 2 aromatic rings. The molecule has 1 unspecified atom stereocenters. The number of hydrogen-bond donors (Lipinski definition) is 1. The van der Waals surface area contributed by atoms with Crippen LogP contribution in [0.3, 0.4) is 0 Å². The molecule has 20 heavy (non-hydrogen) atoms. The maximum Gasteiger partial charge on any atom is 0.338 e. The first-order chi connectivity index (χ1) is 9.31. The quantitative estimate of drug-likeness (QED) is 0.927. The summed E-state index contributed by atoms with van der Waals surface area (Å²) < 4.78 is 7.62. The van der Waals surface area contributed by atoms with Gasteiger partial charge in [-0.25, -0.2) is 4.79 Å². The van der Waals surface area contributed by atoms with E-state index in [4.69, 9.17) is 4.74 Å². The Hall–Kier alpha value is -1.81. The number of ether oxygens (including phenoxy) is 1. The Balaban J connectivity index is 2.77. The number of carboxylic acid groups (broad SMARTS) is 1. The fraction of sp³-hybridized carbons (Fsp3) is 0.438. The first kappa shape index (κ1) is 14.6. The average Bonchev–Trinajstić information content (AvgIpc) is 2.69. The number of aromatic carboxylic acids is 1. The van der Waals surface area contributed by atoms with Crippen molar-refractivity contribution in [1.82, 2.24) is 4.57 Å². The summed E-state index contributed by atoms with van der Waals surface area (Å²) >= 11 is 0. The summed E-state index contributed by atoms with van der Waals surface area (Å²) in [5.74, 6) is -0.889. The number of carbonyl (C=O) groups is 1. The summed E-state index contributed by atoms with van der Waals surface area (Å²) in [4.78, 5) is 11.5.